The Balaban J connectivity index is 1.99. The fraction of sp³-hybridized carbons (Fsp3) is 0.625. The number of amides is 1. The van der Waals surface area contributed by atoms with E-state index in [0.717, 1.165) is 12.8 Å². The molecule has 5 heteroatoms. The van der Waals surface area contributed by atoms with Crippen LogP contribution in [-0.4, -0.2) is 25.2 Å². The Kier molecular flexibility index (Phi) is 4.28. The average molecular weight is 186 g/mol. The van der Waals surface area contributed by atoms with Crippen LogP contribution in [0.3, 0.4) is 0 Å². The first-order valence-electron chi connectivity index (χ1n) is 4.22. The van der Waals surface area contributed by atoms with Gasteiger partial charge >= 0.3 is 0 Å². The van der Waals surface area contributed by atoms with Gasteiger partial charge in [0, 0.05) is 0 Å². The van der Waals surface area contributed by atoms with E-state index in [0.29, 0.717) is 6.54 Å². The number of ether oxygens (including phenoxy) is 1. The minimum Gasteiger partial charge on any atom is -0.497 e. The molecule has 0 aliphatic carbocycles. The molecule has 1 aliphatic heterocycles. The van der Waals surface area contributed by atoms with Gasteiger partial charge < -0.3 is 10.5 Å². The molecule has 0 spiro atoms. The third kappa shape index (κ3) is 4.49. The molecule has 0 fully saturated rings. The molecule has 0 bridgehead atoms. The van der Waals surface area contributed by atoms with Crippen molar-refractivity contribution in [2.45, 2.75) is 18.9 Å². The van der Waals surface area contributed by atoms with E-state index in [9.17, 15) is 4.79 Å². The molecule has 5 nitrogen and oxygen atoms in total. The molecule has 1 rings (SSSR count). The van der Waals surface area contributed by atoms with Gasteiger partial charge in [-0.3, -0.25) is 9.63 Å². The number of hydrogen-bond donors (Lipinski definition) is 2. The Morgan fingerprint density at radius 3 is 3.23 bits per heavy atom. The van der Waals surface area contributed by atoms with Gasteiger partial charge in [-0.1, -0.05) is 0 Å². The first kappa shape index (κ1) is 10.0. The second-order valence-corrected chi connectivity index (χ2v) is 2.81. The second-order valence-electron chi connectivity index (χ2n) is 2.81. The summed E-state index contributed by atoms with van der Waals surface area (Å²) in [7, 11) is 0. The molecule has 1 aliphatic rings. The maximum atomic E-state index is 10.3. The number of carbonyl (C=O) groups is 1. The molecule has 0 aromatic carbocycles. The smallest absolute Gasteiger partial charge is 0.245 e. The molecule has 74 valence electrons. The van der Waals surface area contributed by atoms with Gasteiger partial charge in [0.25, 0.3) is 0 Å². The maximum Gasteiger partial charge on any atom is 0.245 e. The van der Waals surface area contributed by atoms with E-state index in [-0.39, 0.29) is 12.7 Å². The number of rotatable bonds is 5. The molecule has 1 amide bonds. The summed E-state index contributed by atoms with van der Waals surface area (Å²) in [4.78, 5) is 15.0. The van der Waals surface area contributed by atoms with Crippen molar-refractivity contribution in [3.63, 3.8) is 0 Å². The van der Waals surface area contributed by atoms with Crippen LogP contribution in [-0.2, 0) is 14.4 Å². The molecule has 13 heavy (non-hydrogen) atoms. The lowest BCUT2D eigenvalue weighted by Gasteiger charge is -2.19. The molecule has 0 aromatic heterocycles. The van der Waals surface area contributed by atoms with E-state index in [1.54, 1.807) is 6.26 Å². The maximum absolute atomic E-state index is 10.3. The van der Waals surface area contributed by atoms with Crippen molar-refractivity contribution in [2.75, 3.05) is 13.2 Å². The van der Waals surface area contributed by atoms with Crippen molar-refractivity contribution in [3.8, 4) is 0 Å². The standard InChI is InChI=1S/C8H14N2O3/c9-8(11)6-13-10-5-7-3-1-2-4-12-7/h2,4,7,10H,1,3,5-6H2,(H2,9,11). The van der Waals surface area contributed by atoms with E-state index in [4.69, 9.17) is 15.3 Å². The Morgan fingerprint density at radius 2 is 2.62 bits per heavy atom. The lowest BCUT2D eigenvalue weighted by Crippen LogP contribution is -2.32. The first-order valence-corrected chi connectivity index (χ1v) is 4.22. The predicted octanol–water partition coefficient (Wildman–Crippen LogP) is -0.314. The normalized spacial score (nSPS) is 21.1. The number of hydroxylamine groups is 1. The van der Waals surface area contributed by atoms with Crippen molar-refractivity contribution < 1.29 is 14.4 Å². The highest BCUT2D eigenvalue weighted by Crippen LogP contribution is 2.08. The molecular formula is C8H14N2O3. The Hall–Kier alpha value is -1.07. The van der Waals surface area contributed by atoms with E-state index in [1.165, 1.54) is 0 Å². The number of primary amides is 1. The van der Waals surface area contributed by atoms with Crippen LogP contribution in [0.2, 0.25) is 0 Å². The van der Waals surface area contributed by atoms with Crippen molar-refractivity contribution in [2.24, 2.45) is 5.73 Å². The molecule has 0 radical (unpaired) electrons. The summed E-state index contributed by atoms with van der Waals surface area (Å²) in [5.74, 6) is -0.489. The molecule has 1 heterocycles. The predicted molar refractivity (Wildman–Crippen MR) is 46.4 cm³/mol. The third-order valence-electron chi connectivity index (χ3n) is 1.65. The fourth-order valence-corrected chi connectivity index (χ4v) is 1.01. The lowest BCUT2D eigenvalue weighted by molar-refractivity contribution is -0.125. The van der Waals surface area contributed by atoms with Crippen molar-refractivity contribution in [3.05, 3.63) is 12.3 Å². The topological polar surface area (TPSA) is 73.6 Å². The molecule has 0 aromatic rings. The summed E-state index contributed by atoms with van der Waals surface area (Å²) in [6.45, 7) is 0.459. The largest absolute Gasteiger partial charge is 0.497 e. The first-order chi connectivity index (χ1) is 6.29. The van der Waals surface area contributed by atoms with Gasteiger partial charge in [-0.25, -0.2) is 0 Å². The summed E-state index contributed by atoms with van der Waals surface area (Å²) in [5.41, 5.74) is 7.49. The summed E-state index contributed by atoms with van der Waals surface area (Å²) in [5, 5.41) is 0. The van der Waals surface area contributed by atoms with E-state index < -0.39 is 5.91 Å². The highest BCUT2D eigenvalue weighted by atomic mass is 16.6. The summed E-state index contributed by atoms with van der Waals surface area (Å²) in [6, 6.07) is 0. The monoisotopic (exact) mass is 186 g/mol. The van der Waals surface area contributed by atoms with Crippen LogP contribution in [0.1, 0.15) is 12.8 Å². The summed E-state index contributed by atoms with van der Waals surface area (Å²) >= 11 is 0. The summed E-state index contributed by atoms with van der Waals surface area (Å²) in [6.07, 6.45) is 5.76. The Bertz CT molecular complexity index is 194. The van der Waals surface area contributed by atoms with Crippen LogP contribution in [0, 0.1) is 0 Å². The zero-order valence-corrected chi connectivity index (χ0v) is 7.36. The zero-order valence-electron chi connectivity index (χ0n) is 7.36. The molecular weight excluding hydrogens is 172 g/mol. The second kappa shape index (κ2) is 5.55. The summed E-state index contributed by atoms with van der Waals surface area (Å²) < 4.78 is 5.25. The SMILES string of the molecule is NC(=O)CONCC1CCC=CO1. The zero-order chi connectivity index (χ0) is 9.52. The van der Waals surface area contributed by atoms with Gasteiger partial charge in [-0.15, -0.1) is 0 Å². The van der Waals surface area contributed by atoms with Crippen molar-refractivity contribution in [1.82, 2.24) is 5.48 Å². The third-order valence-corrected chi connectivity index (χ3v) is 1.65. The van der Waals surface area contributed by atoms with Gasteiger partial charge in [0.05, 0.1) is 12.8 Å². The van der Waals surface area contributed by atoms with Gasteiger partial charge in [-0.2, -0.15) is 5.48 Å². The molecule has 1 atom stereocenters. The lowest BCUT2D eigenvalue weighted by atomic mass is 10.2. The highest BCUT2D eigenvalue weighted by molar-refractivity contribution is 5.74. The minimum atomic E-state index is -0.489. The van der Waals surface area contributed by atoms with Gasteiger partial charge in [-0.05, 0) is 18.9 Å². The van der Waals surface area contributed by atoms with E-state index in [1.807, 2.05) is 6.08 Å². The van der Waals surface area contributed by atoms with Crippen LogP contribution in [0.4, 0.5) is 0 Å². The molecule has 0 saturated carbocycles. The Labute approximate surface area is 76.8 Å². The number of nitrogens with one attached hydrogen (secondary N) is 1. The van der Waals surface area contributed by atoms with Crippen molar-refractivity contribution >= 4 is 5.91 Å². The van der Waals surface area contributed by atoms with Crippen LogP contribution >= 0.6 is 0 Å². The van der Waals surface area contributed by atoms with Gasteiger partial charge in [0.2, 0.25) is 5.91 Å². The van der Waals surface area contributed by atoms with Crippen LogP contribution in [0.5, 0.6) is 0 Å². The number of hydrogen-bond acceptors (Lipinski definition) is 4. The van der Waals surface area contributed by atoms with E-state index in [2.05, 4.69) is 5.48 Å². The van der Waals surface area contributed by atoms with Crippen LogP contribution in [0.25, 0.3) is 0 Å². The highest BCUT2D eigenvalue weighted by Gasteiger charge is 2.09. The van der Waals surface area contributed by atoms with Crippen molar-refractivity contribution in [1.29, 1.82) is 0 Å². The fourth-order valence-electron chi connectivity index (χ4n) is 1.01. The molecule has 0 saturated heterocycles. The van der Waals surface area contributed by atoms with Gasteiger partial charge in [0.1, 0.15) is 12.7 Å². The Morgan fingerprint density at radius 1 is 1.77 bits per heavy atom. The quantitative estimate of drug-likeness (QED) is 0.456. The average Bonchev–Trinajstić information content (AvgIpc) is 2.14. The minimum absolute atomic E-state index is 0.109. The van der Waals surface area contributed by atoms with Gasteiger partial charge in [0.15, 0.2) is 0 Å². The van der Waals surface area contributed by atoms with Crippen LogP contribution in [0.15, 0.2) is 12.3 Å². The van der Waals surface area contributed by atoms with Crippen LogP contribution < -0.4 is 11.2 Å². The molecule has 1 unspecified atom stereocenters. The number of allylic oxidation sites excluding steroid dienone is 1. The number of carbonyl (C=O) groups excluding carboxylic acids is 1. The molecule has 3 N–H and O–H groups in total. The van der Waals surface area contributed by atoms with E-state index >= 15 is 0 Å². The number of nitrogens with two attached hydrogens (primary N) is 1.